The lowest BCUT2D eigenvalue weighted by molar-refractivity contribution is -0.213. The van der Waals surface area contributed by atoms with Crippen molar-refractivity contribution in [3.8, 4) is 11.8 Å². The zero-order valence-electron chi connectivity index (χ0n) is 19.0. The molecule has 0 amide bonds. The average Bonchev–Trinajstić information content (AvgIpc) is 3.69. The lowest BCUT2D eigenvalue weighted by Gasteiger charge is -2.29. The Balaban J connectivity index is 1.34. The van der Waals surface area contributed by atoms with E-state index in [9.17, 15) is 0 Å². The fourth-order valence-electron chi connectivity index (χ4n) is 3.54. The van der Waals surface area contributed by atoms with Crippen molar-refractivity contribution in [2.24, 2.45) is 16.3 Å². The molecule has 2 heterocycles. The normalized spacial score (nSPS) is 20.3. The highest BCUT2D eigenvalue weighted by molar-refractivity contribution is 5.94. The maximum atomic E-state index is 6.02. The van der Waals surface area contributed by atoms with Gasteiger partial charge in [0.05, 0.1) is 37.7 Å². The lowest BCUT2D eigenvalue weighted by Crippen LogP contribution is -2.36. The molecule has 168 valence electrons. The number of ether oxygens (including phenoxy) is 3. The van der Waals surface area contributed by atoms with E-state index in [4.69, 9.17) is 19.2 Å². The van der Waals surface area contributed by atoms with E-state index in [1.165, 1.54) is 25.7 Å². The summed E-state index contributed by atoms with van der Waals surface area (Å²) in [5, 5.41) is 8.56. The summed E-state index contributed by atoms with van der Waals surface area (Å²) in [5.41, 5.74) is 3.71. The third-order valence-corrected chi connectivity index (χ3v) is 5.98. The molecule has 2 aliphatic carbocycles. The third kappa shape index (κ3) is 5.20. The van der Waals surface area contributed by atoms with Crippen molar-refractivity contribution in [2.45, 2.75) is 65.4 Å². The Labute approximate surface area is 189 Å². The van der Waals surface area contributed by atoms with Gasteiger partial charge in [-0.05, 0) is 64.2 Å². The second kappa shape index (κ2) is 8.68. The van der Waals surface area contributed by atoms with E-state index in [0.717, 1.165) is 30.0 Å². The van der Waals surface area contributed by atoms with E-state index >= 15 is 0 Å². The minimum Gasteiger partial charge on any atom is -0.473 e. The van der Waals surface area contributed by atoms with Crippen molar-refractivity contribution in [1.29, 1.82) is 0 Å². The number of aliphatic imine (C=N–C) groups is 1. The molecule has 0 radical (unpaired) electrons. The molecular weight excluding hydrogens is 404 g/mol. The van der Waals surface area contributed by atoms with Crippen LogP contribution in [0.3, 0.4) is 0 Å². The summed E-state index contributed by atoms with van der Waals surface area (Å²) in [7, 11) is 0. The van der Waals surface area contributed by atoms with Crippen molar-refractivity contribution in [3.05, 3.63) is 41.2 Å². The minimum absolute atomic E-state index is 0.0446. The molecule has 0 bridgehead atoms. The van der Waals surface area contributed by atoms with E-state index in [0.29, 0.717) is 24.1 Å². The van der Waals surface area contributed by atoms with Crippen LogP contribution < -0.4 is 0 Å². The molecule has 1 aromatic carbocycles. The first-order valence-corrected chi connectivity index (χ1v) is 11.5. The molecule has 3 fully saturated rings. The molecule has 32 heavy (non-hydrogen) atoms. The first kappa shape index (κ1) is 21.2. The van der Waals surface area contributed by atoms with Crippen LogP contribution in [0.2, 0.25) is 0 Å². The van der Waals surface area contributed by atoms with Crippen molar-refractivity contribution in [1.82, 2.24) is 15.0 Å². The smallest absolute Gasteiger partial charge is 0.244 e. The third-order valence-electron chi connectivity index (χ3n) is 5.98. The molecule has 2 saturated carbocycles. The van der Waals surface area contributed by atoms with Gasteiger partial charge in [-0.1, -0.05) is 23.1 Å². The summed E-state index contributed by atoms with van der Waals surface area (Å²) >= 11 is 0. The van der Waals surface area contributed by atoms with Crippen LogP contribution in [0, 0.1) is 30.1 Å². The summed E-state index contributed by atoms with van der Waals surface area (Å²) in [6.45, 7) is 8.00. The zero-order valence-corrected chi connectivity index (χ0v) is 19.0. The standard InChI is InChI=1S/C25H30N4O3/c1-17(2)32-24(26-21-12-20(5-4-18(21)3)9-8-19-6-7-19)22-13-29(28-27-22)14-23-30-15-25(10-11-25)16-31-23/h4-5,12-13,17,19,23H,6-7,10-11,14-16H2,1-3H3/b26-24-. The second-order valence-electron chi connectivity index (χ2n) is 9.51. The Morgan fingerprint density at radius 2 is 2.06 bits per heavy atom. The van der Waals surface area contributed by atoms with Gasteiger partial charge in [-0.15, -0.1) is 5.10 Å². The van der Waals surface area contributed by atoms with Crippen molar-refractivity contribution >= 4 is 11.6 Å². The molecule has 1 spiro atoms. The SMILES string of the molecule is Cc1ccc(C#CC2CC2)cc1/N=C(\OC(C)C)c1cn(CC2OCC3(CC3)CO2)nn1. The van der Waals surface area contributed by atoms with Gasteiger partial charge in [0.2, 0.25) is 5.90 Å². The molecule has 0 atom stereocenters. The molecule has 0 N–H and O–H groups in total. The summed E-state index contributed by atoms with van der Waals surface area (Å²) in [6.07, 6.45) is 6.32. The van der Waals surface area contributed by atoms with Crippen LogP contribution in [0.25, 0.3) is 0 Å². The molecule has 1 aromatic heterocycles. The molecule has 7 nitrogen and oxygen atoms in total. The second-order valence-corrected chi connectivity index (χ2v) is 9.51. The van der Waals surface area contributed by atoms with Crippen molar-refractivity contribution < 1.29 is 14.2 Å². The lowest BCUT2D eigenvalue weighted by atomic mass is 10.1. The fraction of sp³-hybridized carbons (Fsp3) is 0.560. The Morgan fingerprint density at radius 1 is 1.28 bits per heavy atom. The summed E-state index contributed by atoms with van der Waals surface area (Å²) < 4.78 is 19.5. The monoisotopic (exact) mass is 434 g/mol. The molecule has 1 saturated heterocycles. The highest BCUT2D eigenvalue weighted by Gasteiger charge is 2.47. The van der Waals surface area contributed by atoms with E-state index in [1.54, 1.807) is 4.68 Å². The molecular formula is C25H30N4O3. The molecule has 5 rings (SSSR count). The Kier molecular flexibility index (Phi) is 5.75. The number of benzene rings is 1. The average molecular weight is 435 g/mol. The molecule has 2 aromatic rings. The van der Waals surface area contributed by atoms with Gasteiger partial charge in [0.15, 0.2) is 12.0 Å². The van der Waals surface area contributed by atoms with Crippen LogP contribution in [0.4, 0.5) is 5.69 Å². The van der Waals surface area contributed by atoms with Gasteiger partial charge in [0, 0.05) is 16.9 Å². The first-order valence-electron chi connectivity index (χ1n) is 11.5. The van der Waals surface area contributed by atoms with E-state index in [1.807, 2.05) is 45.2 Å². The van der Waals surface area contributed by atoms with Crippen LogP contribution in [0.1, 0.15) is 56.4 Å². The highest BCUT2D eigenvalue weighted by Crippen LogP contribution is 2.48. The fourth-order valence-corrected chi connectivity index (χ4v) is 3.54. The van der Waals surface area contributed by atoms with Crippen LogP contribution >= 0.6 is 0 Å². The summed E-state index contributed by atoms with van der Waals surface area (Å²) in [4.78, 5) is 4.81. The molecule has 0 unspecified atom stereocenters. The van der Waals surface area contributed by atoms with E-state index in [2.05, 4.69) is 22.2 Å². The Hall–Kier alpha value is -2.69. The van der Waals surface area contributed by atoms with Crippen LogP contribution in [-0.4, -0.2) is 46.5 Å². The minimum atomic E-state index is -0.300. The molecule has 1 aliphatic heterocycles. The maximum absolute atomic E-state index is 6.02. The van der Waals surface area contributed by atoms with Crippen LogP contribution in [-0.2, 0) is 20.8 Å². The largest absolute Gasteiger partial charge is 0.473 e. The number of aromatic nitrogens is 3. The summed E-state index contributed by atoms with van der Waals surface area (Å²) in [5.74, 6) is 7.58. The predicted octanol–water partition coefficient (Wildman–Crippen LogP) is 4.00. The Morgan fingerprint density at radius 3 is 2.75 bits per heavy atom. The van der Waals surface area contributed by atoms with E-state index < -0.39 is 0 Å². The van der Waals surface area contributed by atoms with Gasteiger partial charge >= 0.3 is 0 Å². The van der Waals surface area contributed by atoms with Gasteiger partial charge in [0.25, 0.3) is 0 Å². The van der Waals surface area contributed by atoms with Gasteiger partial charge < -0.3 is 14.2 Å². The summed E-state index contributed by atoms with van der Waals surface area (Å²) in [6, 6.07) is 6.10. The highest BCUT2D eigenvalue weighted by atomic mass is 16.7. The molecule has 7 heteroatoms. The predicted molar refractivity (Wildman–Crippen MR) is 121 cm³/mol. The van der Waals surface area contributed by atoms with Crippen LogP contribution in [0.15, 0.2) is 29.4 Å². The number of aryl methyl sites for hydroxylation is 1. The number of nitrogens with zero attached hydrogens (tertiary/aromatic N) is 4. The van der Waals surface area contributed by atoms with Gasteiger partial charge in [-0.25, -0.2) is 9.67 Å². The molecule has 3 aliphatic rings. The number of hydrogen-bond acceptors (Lipinski definition) is 6. The van der Waals surface area contributed by atoms with Crippen molar-refractivity contribution in [2.75, 3.05) is 13.2 Å². The van der Waals surface area contributed by atoms with Crippen molar-refractivity contribution in [3.63, 3.8) is 0 Å². The van der Waals surface area contributed by atoms with Gasteiger partial charge in [-0.3, -0.25) is 0 Å². The number of rotatable bonds is 5. The van der Waals surface area contributed by atoms with Gasteiger partial charge in [0.1, 0.15) is 0 Å². The zero-order chi connectivity index (χ0) is 22.1. The van der Waals surface area contributed by atoms with Crippen LogP contribution in [0.5, 0.6) is 0 Å². The maximum Gasteiger partial charge on any atom is 0.244 e. The number of hydrogen-bond donors (Lipinski definition) is 0. The Bertz CT molecular complexity index is 1060. The quantitative estimate of drug-likeness (QED) is 0.404. The topological polar surface area (TPSA) is 70.8 Å². The van der Waals surface area contributed by atoms with E-state index in [-0.39, 0.29) is 17.8 Å². The first-order chi connectivity index (χ1) is 15.5. The van der Waals surface area contributed by atoms with Gasteiger partial charge in [-0.2, -0.15) is 0 Å².